The van der Waals surface area contributed by atoms with Crippen molar-refractivity contribution >= 4 is 5.91 Å². The summed E-state index contributed by atoms with van der Waals surface area (Å²) in [7, 11) is 0. The molecule has 1 aromatic heterocycles. The Hall–Kier alpha value is -2.94. The molecule has 2 aromatic rings. The predicted molar refractivity (Wildman–Crippen MR) is 115 cm³/mol. The number of nitrogens with zero attached hydrogens (tertiary/aromatic N) is 4. The molecule has 0 spiro atoms. The van der Waals surface area contributed by atoms with Gasteiger partial charge in [-0.1, -0.05) is 12.1 Å². The summed E-state index contributed by atoms with van der Waals surface area (Å²) in [6.07, 6.45) is 3.91. The first kappa shape index (κ1) is 20.9. The van der Waals surface area contributed by atoms with Crippen LogP contribution in [0, 0.1) is 11.7 Å². The standard InChI is InChI=1S/C23H27FN4O4/c24-17-5-3-16(4-6-17)14-26-11-12-27-19(21(26)30)20(29)22(31)28(23(27)32)18-7-9-25(10-8-18)13-15-1-2-15/h3-6,15,18,29H,1-2,7-14H2. The number of likely N-dealkylation sites (tertiary alicyclic amines) is 1. The van der Waals surface area contributed by atoms with Gasteiger partial charge in [0.15, 0.2) is 5.69 Å². The Morgan fingerprint density at radius 2 is 1.62 bits per heavy atom. The molecular formula is C23H27FN4O4. The van der Waals surface area contributed by atoms with Crippen LogP contribution >= 0.6 is 0 Å². The number of rotatable bonds is 5. The number of hydrogen-bond donors (Lipinski definition) is 1. The first-order valence-corrected chi connectivity index (χ1v) is 11.3. The van der Waals surface area contributed by atoms with Crippen molar-refractivity contribution in [3.8, 4) is 5.75 Å². The van der Waals surface area contributed by atoms with Crippen LogP contribution in [0.2, 0.25) is 0 Å². The van der Waals surface area contributed by atoms with Crippen LogP contribution in [-0.4, -0.2) is 56.1 Å². The van der Waals surface area contributed by atoms with Crippen LogP contribution in [0.15, 0.2) is 33.9 Å². The molecule has 5 rings (SSSR count). The van der Waals surface area contributed by atoms with E-state index in [0.29, 0.717) is 12.8 Å². The predicted octanol–water partition coefficient (Wildman–Crippen LogP) is 1.56. The van der Waals surface area contributed by atoms with Gasteiger partial charge in [0, 0.05) is 45.3 Å². The Morgan fingerprint density at radius 1 is 0.938 bits per heavy atom. The quantitative estimate of drug-likeness (QED) is 0.759. The van der Waals surface area contributed by atoms with E-state index < -0.39 is 22.9 Å². The third-order valence-corrected chi connectivity index (χ3v) is 6.86. The summed E-state index contributed by atoms with van der Waals surface area (Å²) in [6.45, 7) is 3.37. The summed E-state index contributed by atoms with van der Waals surface area (Å²) in [5.74, 6) is -0.818. The molecular weight excluding hydrogens is 415 g/mol. The third kappa shape index (κ3) is 3.85. The lowest BCUT2D eigenvalue weighted by Crippen LogP contribution is -2.51. The van der Waals surface area contributed by atoms with Crippen molar-refractivity contribution in [1.82, 2.24) is 18.9 Å². The third-order valence-electron chi connectivity index (χ3n) is 6.86. The lowest BCUT2D eigenvalue weighted by Gasteiger charge is -2.34. The molecule has 1 aromatic carbocycles. The molecule has 1 amide bonds. The zero-order valence-electron chi connectivity index (χ0n) is 17.9. The minimum absolute atomic E-state index is 0.190. The SMILES string of the molecule is O=C1c2c(O)c(=O)n(C3CCN(CC4CC4)CC3)c(=O)n2CCN1Cc1ccc(F)cc1. The molecule has 1 saturated heterocycles. The highest BCUT2D eigenvalue weighted by Gasteiger charge is 2.34. The van der Waals surface area contributed by atoms with E-state index in [1.54, 1.807) is 12.1 Å². The maximum atomic E-state index is 13.2. The van der Waals surface area contributed by atoms with E-state index in [0.717, 1.165) is 35.7 Å². The van der Waals surface area contributed by atoms with Gasteiger partial charge in [-0.2, -0.15) is 0 Å². The Bertz CT molecular complexity index is 1140. The molecule has 1 N–H and O–H groups in total. The van der Waals surface area contributed by atoms with Crippen molar-refractivity contribution in [3.05, 3.63) is 62.2 Å². The number of hydrogen-bond acceptors (Lipinski definition) is 5. The molecule has 32 heavy (non-hydrogen) atoms. The molecule has 0 unspecified atom stereocenters. The highest BCUT2D eigenvalue weighted by atomic mass is 19.1. The van der Waals surface area contributed by atoms with Crippen LogP contribution in [-0.2, 0) is 13.1 Å². The van der Waals surface area contributed by atoms with Gasteiger partial charge in [0.25, 0.3) is 11.5 Å². The summed E-state index contributed by atoms with van der Waals surface area (Å²) in [6, 6.07) is 5.51. The minimum Gasteiger partial charge on any atom is -0.501 e. The van der Waals surface area contributed by atoms with Crippen LogP contribution in [0.25, 0.3) is 0 Å². The number of benzene rings is 1. The zero-order valence-corrected chi connectivity index (χ0v) is 17.9. The molecule has 3 aliphatic rings. The molecule has 9 heteroatoms. The highest BCUT2D eigenvalue weighted by molar-refractivity contribution is 5.95. The van der Waals surface area contributed by atoms with E-state index in [9.17, 15) is 23.9 Å². The maximum Gasteiger partial charge on any atom is 0.332 e. The Balaban J connectivity index is 1.39. The van der Waals surface area contributed by atoms with E-state index in [-0.39, 0.29) is 37.2 Å². The fourth-order valence-electron chi connectivity index (χ4n) is 4.86. The molecule has 2 aliphatic heterocycles. The van der Waals surface area contributed by atoms with Gasteiger partial charge in [-0.25, -0.2) is 9.18 Å². The second-order valence-corrected chi connectivity index (χ2v) is 9.13. The number of amides is 1. The van der Waals surface area contributed by atoms with Crippen LogP contribution in [0.4, 0.5) is 4.39 Å². The van der Waals surface area contributed by atoms with E-state index >= 15 is 0 Å². The zero-order chi connectivity index (χ0) is 22.4. The van der Waals surface area contributed by atoms with Gasteiger partial charge in [0.1, 0.15) is 5.82 Å². The molecule has 0 bridgehead atoms. The molecule has 3 heterocycles. The van der Waals surface area contributed by atoms with Crippen molar-refractivity contribution < 1.29 is 14.3 Å². The Kier molecular flexibility index (Phi) is 5.36. The number of fused-ring (bicyclic) bond motifs is 1. The Labute approximate surface area is 184 Å². The fourth-order valence-corrected chi connectivity index (χ4v) is 4.86. The number of piperidine rings is 1. The first-order chi connectivity index (χ1) is 15.4. The normalized spacial score (nSPS) is 19.9. The molecule has 0 atom stereocenters. The first-order valence-electron chi connectivity index (χ1n) is 11.3. The monoisotopic (exact) mass is 442 g/mol. The van der Waals surface area contributed by atoms with Gasteiger partial charge in [0.05, 0.1) is 0 Å². The number of aromatic nitrogens is 2. The second-order valence-electron chi connectivity index (χ2n) is 9.13. The average molecular weight is 442 g/mol. The molecule has 8 nitrogen and oxygen atoms in total. The summed E-state index contributed by atoms with van der Waals surface area (Å²) < 4.78 is 15.5. The number of carbonyl (C=O) groups excluding carboxylic acids is 1. The van der Waals surface area contributed by atoms with Crippen LogP contribution < -0.4 is 11.2 Å². The van der Waals surface area contributed by atoms with Gasteiger partial charge >= 0.3 is 5.69 Å². The van der Waals surface area contributed by atoms with E-state index in [1.807, 2.05) is 0 Å². The van der Waals surface area contributed by atoms with Crippen molar-refractivity contribution in [1.29, 1.82) is 0 Å². The summed E-state index contributed by atoms with van der Waals surface area (Å²) in [4.78, 5) is 43.0. The topological polar surface area (TPSA) is 87.8 Å². The summed E-state index contributed by atoms with van der Waals surface area (Å²) >= 11 is 0. The average Bonchev–Trinajstić information content (AvgIpc) is 3.60. The van der Waals surface area contributed by atoms with Gasteiger partial charge in [-0.15, -0.1) is 0 Å². The van der Waals surface area contributed by atoms with Gasteiger partial charge in [-0.3, -0.25) is 18.7 Å². The molecule has 1 aliphatic carbocycles. The van der Waals surface area contributed by atoms with Gasteiger partial charge in [0.2, 0.25) is 5.75 Å². The van der Waals surface area contributed by atoms with Crippen molar-refractivity contribution in [2.45, 2.75) is 44.8 Å². The van der Waals surface area contributed by atoms with Crippen molar-refractivity contribution in [2.24, 2.45) is 5.92 Å². The highest BCUT2D eigenvalue weighted by Crippen LogP contribution is 2.31. The van der Waals surface area contributed by atoms with Crippen molar-refractivity contribution in [2.75, 3.05) is 26.2 Å². The minimum atomic E-state index is -0.793. The Morgan fingerprint density at radius 3 is 2.28 bits per heavy atom. The number of aromatic hydroxyl groups is 1. The van der Waals surface area contributed by atoms with Crippen LogP contribution in [0.5, 0.6) is 5.75 Å². The number of carbonyl (C=O) groups is 1. The maximum absolute atomic E-state index is 13.2. The van der Waals surface area contributed by atoms with Crippen molar-refractivity contribution in [3.63, 3.8) is 0 Å². The van der Waals surface area contributed by atoms with Gasteiger partial charge in [-0.05, 0) is 49.3 Å². The lowest BCUT2D eigenvalue weighted by atomic mass is 10.0. The second kappa shape index (κ2) is 8.20. The van der Waals surface area contributed by atoms with Crippen LogP contribution in [0.1, 0.15) is 47.8 Å². The van der Waals surface area contributed by atoms with E-state index in [2.05, 4.69) is 4.90 Å². The van der Waals surface area contributed by atoms with Crippen LogP contribution in [0.3, 0.4) is 0 Å². The van der Waals surface area contributed by atoms with E-state index in [1.165, 1.54) is 34.4 Å². The molecule has 170 valence electrons. The summed E-state index contributed by atoms with van der Waals surface area (Å²) in [5.41, 5.74) is -0.853. The smallest absolute Gasteiger partial charge is 0.332 e. The molecule has 0 radical (unpaired) electrons. The van der Waals surface area contributed by atoms with Gasteiger partial charge < -0.3 is 14.9 Å². The lowest BCUT2D eigenvalue weighted by molar-refractivity contribution is 0.0675. The van der Waals surface area contributed by atoms with E-state index in [4.69, 9.17) is 0 Å². The molecule has 1 saturated carbocycles. The fraction of sp³-hybridized carbons (Fsp3) is 0.522. The largest absolute Gasteiger partial charge is 0.501 e. The number of halogens is 1. The molecule has 2 fully saturated rings. The summed E-state index contributed by atoms with van der Waals surface area (Å²) in [5, 5.41) is 10.6.